The number of rotatable bonds is 4. The minimum atomic E-state index is -0.484. The number of hydrogen-bond donors (Lipinski definition) is 1. The van der Waals surface area contributed by atoms with Crippen LogP contribution >= 0.6 is 22.6 Å². The summed E-state index contributed by atoms with van der Waals surface area (Å²) in [7, 11) is 0. The monoisotopic (exact) mass is 450 g/mol. The number of carbonyl (C=O) groups excluding carboxylic acids is 2. The number of benzene rings is 2. The zero-order valence-electron chi connectivity index (χ0n) is 13.7. The molecule has 0 spiro atoms. The second-order valence-corrected chi connectivity index (χ2v) is 7.13. The van der Waals surface area contributed by atoms with Crippen molar-refractivity contribution >= 4 is 40.3 Å². The van der Waals surface area contributed by atoms with Crippen LogP contribution in [0.4, 0.5) is 10.5 Å². The Labute approximate surface area is 160 Å². The van der Waals surface area contributed by atoms with Crippen molar-refractivity contribution in [3.63, 3.8) is 0 Å². The van der Waals surface area contributed by atoms with Gasteiger partial charge in [-0.05, 0) is 65.3 Å². The molecule has 3 rings (SSSR count). The average molecular weight is 450 g/mol. The number of nitrogens with one attached hydrogen (secondary N) is 1. The summed E-state index contributed by atoms with van der Waals surface area (Å²) in [6.07, 6.45) is 1.01. The zero-order valence-corrected chi connectivity index (χ0v) is 15.8. The first-order valence-corrected chi connectivity index (χ1v) is 9.25. The number of likely N-dealkylation sites (tertiary alicyclic amines) is 1. The van der Waals surface area contributed by atoms with Gasteiger partial charge in [-0.25, -0.2) is 4.79 Å². The highest BCUT2D eigenvalue weighted by Gasteiger charge is 2.35. The van der Waals surface area contributed by atoms with Crippen molar-refractivity contribution in [2.75, 3.05) is 11.9 Å². The minimum absolute atomic E-state index is 0.171. The summed E-state index contributed by atoms with van der Waals surface area (Å²) in [6.45, 7) is 0.750. The summed E-state index contributed by atoms with van der Waals surface area (Å²) < 4.78 is 6.46. The van der Waals surface area contributed by atoms with Gasteiger partial charge >= 0.3 is 6.09 Å². The molecular weight excluding hydrogens is 431 g/mol. The van der Waals surface area contributed by atoms with E-state index in [1.165, 1.54) is 4.90 Å². The van der Waals surface area contributed by atoms with Gasteiger partial charge in [-0.15, -0.1) is 0 Å². The molecule has 5 nitrogen and oxygen atoms in total. The third kappa shape index (κ3) is 4.72. The van der Waals surface area contributed by atoms with Crippen molar-refractivity contribution in [1.29, 1.82) is 0 Å². The molecule has 25 heavy (non-hydrogen) atoms. The van der Waals surface area contributed by atoms with Crippen LogP contribution in [0, 0.1) is 3.57 Å². The highest BCUT2D eigenvalue weighted by atomic mass is 127. The summed E-state index contributed by atoms with van der Waals surface area (Å²) in [4.78, 5) is 26.4. The highest BCUT2D eigenvalue weighted by molar-refractivity contribution is 14.1. The Morgan fingerprint density at radius 1 is 1.12 bits per heavy atom. The third-order valence-electron chi connectivity index (χ3n) is 4.11. The Morgan fingerprint density at radius 3 is 2.56 bits per heavy atom. The van der Waals surface area contributed by atoms with E-state index in [2.05, 4.69) is 27.9 Å². The van der Waals surface area contributed by atoms with Gasteiger partial charge < -0.3 is 10.1 Å². The molecule has 1 atom stereocenters. The van der Waals surface area contributed by atoms with Crippen molar-refractivity contribution in [3.8, 4) is 0 Å². The van der Waals surface area contributed by atoms with Gasteiger partial charge in [-0.1, -0.05) is 30.3 Å². The van der Waals surface area contributed by atoms with Crippen LogP contribution in [-0.4, -0.2) is 29.5 Å². The predicted octanol–water partition coefficient (Wildman–Crippen LogP) is 4.03. The minimum Gasteiger partial charge on any atom is -0.445 e. The van der Waals surface area contributed by atoms with Crippen LogP contribution < -0.4 is 5.32 Å². The zero-order chi connectivity index (χ0) is 17.6. The van der Waals surface area contributed by atoms with Crippen LogP contribution in [0.3, 0.4) is 0 Å². The Balaban J connectivity index is 1.58. The summed E-state index contributed by atoms with van der Waals surface area (Å²) in [5.41, 5.74) is 1.66. The maximum Gasteiger partial charge on any atom is 0.410 e. The van der Waals surface area contributed by atoms with Crippen LogP contribution in [0.15, 0.2) is 54.6 Å². The quantitative estimate of drug-likeness (QED) is 0.716. The van der Waals surface area contributed by atoms with E-state index in [0.29, 0.717) is 13.0 Å². The first-order valence-electron chi connectivity index (χ1n) is 8.17. The Kier molecular flexibility index (Phi) is 5.91. The predicted molar refractivity (Wildman–Crippen MR) is 104 cm³/mol. The molecule has 0 saturated carbocycles. The second kappa shape index (κ2) is 8.33. The van der Waals surface area contributed by atoms with E-state index in [4.69, 9.17) is 4.74 Å². The molecule has 0 radical (unpaired) electrons. The van der Waals surface area contributed by atoms with Crippen LogP contribution in [-0.2, 0) is 16.1 Å². The number of halogens is 1. The van der Waals surface area contributed by atoms with Crippen molar-refractivity contribution in [2.24, 2.45) is 0 Å². The van der Waals surface area contributed by atoms with Gasteiger partial charge in [0.25, 0.3) is 0 Å². The largest absolute Gasteiger partial charge is 0.445 e. The van der Waals surface area contributed by atoms with Crippen LogP contribution in [0.5, 0.6) is 0 Å². The van der Waals surface area contributed by atoms with Gasteiger partial charge in [-0.2, -0.15) is 0 Å². The lowest BCUT2D eigenvalue weighted by molar-refractivity contribution is -0.120. The SMILES string of the molecule is O=C(Nc1ccc(I)cc1)[C@H]1CCCN1C(=O)OCc1ccccc1. The van der Waals surface area contributed by atoms with E-state index >= 15 is 0 Å². The Hall–Kier alpha value is -2.09. The molecule has 0 unspecified atom stereocenters. The number of amides is 2. The molecule has 1 aliphatic heterocycles. The van der Waals surface area contributed by atoms with Crippen LogP contribution in [0.25, 0.3) is 0 Å². The lowest BCUT2D eigenvalue weighted by Gasteiger charge is -2.23. The van der Waals surface area contributed by atoms with Gasteiger partial charge in [0.15, 0.2) is 0 Å². The first-order chi connectivity index (χ1) is 12.1. The van der Waals surface area contributed by atoms with Gasteiger partial charge in [0, 0.05) is 15.8 Å². The Morgan fingerprint density at radius 2 is 1.84 bits per heavy atom. The van der Waals surface area contributed by atoms with Gasteiger partial charge in [0.05, 0.1) is 0 Å². The molecule has 0 aliphatic carbocycles. The molecule has 0 bridgehead atoms. The van der Waals surface area contributed by atoms with E-state index in [1.807, 2.05) is 54.6 Å². The Bertz CT molecular complexity index is 734. The molecule has 1 fully saturated rings. The molecule has 1 heterocycles. The fourth-order valence-corrected chi connectivity index (χ4v) is 3.18. The van der Waals surface area contributed by atoms with E-state index in [-0.39, 0.29) is 12.5 Å². The first kappa shape index (κ1) is 17.7. The number of anilines is 1. The molecule has 1 N–H and O–H groups in total. The fraction of sp³-hybridized carbons (Fsp3) is 0.263. The number of ether oxygens (including phenoxy) is 1. The normalized spacial score (nSPS) is 16.5. The van der Waals surface area contributed by atoms with Gasteiger partial charge in [-0.3, -0.25) is 9.69 Å². The van der Waals surface area contributed by atoms with Gasteiger partial charge in [0.1, 0.15) is 12.6 Å². The molecule has 1 saturated heterocycles. The summed E-state index contributed by atoms with van der Waals surface area (Å²) in [5.74, 6) is -0.171. The molecule has 2 aromatic rings. The smallest absolute Gasteiger partial charge is 0.410 e. The van der Waals surface area contributed by atoms with Crippen molar-refractivity contribution in [1.82, 2.24) is 4.90 Å². The second-order valence-electron chi connectivity index (χ2n) is 5.89. The standard InChI is InChI=1S/C19H19IN2O3/c20-15-8-10-16(11-9-15)21-18(23)17-7-4-12-22(17)19(24)25-13-14-5-2-1-3-6-14/h1-3,5-6,8-11,17H,4,7,12-13H2,(H,21,23)/t17-/m1/s1. The summed E-state index contributed by atoms with van der Waals surface area (Å²) >= 11 is 2.21. The molecule has 6 heteroatoms. The van der Waals surface area contributed by atoms with Crippen LogP contribution in [0.2, 0.25) is 0 Å². The van der Waals surface area contributed by atoms with E-state index < -0.39 is 12.1 Å². The number of hydrogen-bond acceptors (Lipinski definition) is 3. The number of carbonyl (C=O) groups is 2. The summed E-state index contributed by atoms with van der Waals surface area (Å²) in [5, 5.41) is 2.88. The average Bonchev–Trinajstić information content (AvgIpc) is 3.12. The molecule has 1 aliphatic rings. The maximum absolute atomic E-state index is 12.5. The van der Waals surface area contributed by atoms with Gasteiger partial charge in [0.2, 0.25) is 5.91 Å². The maximum atomic E-state index is 12.5. The molecule has 2 aromatic carbocycles. The van der Waals surface area contributed by atoms with Crippen molar-refractivity contribution < 1.29 is 14.3 Å². The van der Waals surface area contributed by atoms with E-state index in [1.54, 1.807) is 0 Å². The number of nitrogens with zero attached hydrogens (tertiary/aromatic N) is 1. The van der Waals surface area contributed by atoms with Crippen molar-refractivity contribution in [2.45, 2.75) is 25.5 Å². The summed E-state index contributed by atoms with van der Waals surface area (Å²) in [6, 6.07) is 16.6. The lowest BCUT2D eigenvalue weighted by Crippen LogP contribution is -2.43. The van der Waals surface area contributed by atoms with E-state index in [0.717, 1.165) is 21.2 Å². The molecule has 2 amide bonds. The van der Waals surface area contributed by atoms with Crippen LogP contribution in [0.1, 0.15) is 18.4 Å². The molecular formula is C19H19IN2O3. The lowest BCUT2D eigenvalue weighted by atomic mass is 10.2. The van der Waals surface area contributed by atoms with Crippen molar-refractivity contribution in [3.05, 3.63) is 63.7 Å². The molecule has 0 aromatic heterocycles. The molecule has 130 valence electrons. The highest BCUT2D eigenvalue weighted by Crippen LogP contribution is 2.21. The topological polar surface area (TPSA) is 58.6 Å². The third-order valence-corrected chi connectivity index (χ3v) is 4.83. The van der Waals surface area contributed by atoms with E-state index in [9.17, 15) is 9.59 Å². The fourth-order valence-electron chi connectivity index (χ4n) is 2.82.